The van der Waals surface area contributed by atoms with Crippen molar-refractivity contribution in [1.29, 1.82) is 0 Å². The molecule has 0 radical (unpaired) electrons. The van der Waals surface area contributed by atoms with Crippen LogP contribution < -0.4 is 10.9 Å². The van der Waals surface area contributed by atoms with Crippen molar-refractivity contribution < 1.29 is 32.6 Å². The van der Waals surface area contributed by atoms with Crippen molar-refractivity contribution >= 4 is 23.0 Å². The number of aromatic carboxylic acids is 1. The van der Waals surface area contributed by atoms with E-state index < -0.39 is 40.5 Å². The average Bonchev–Trinajstić information content (AvgIpc) is 3.53. The Hall–Kier alpha value is -5.53. The maximum absolute atomic E-state index is 13.6. The van der Waals surface area contributed by atoms with Crippen LogP contribution in [0.15, 0.2) is 78.0 Å². The van der Waals surface area contributed by atoms with Crippen LogP contribution in [0.2, 0.25) is 0 Å². The van der Waals surface area contributed by atoms with Gasteiger partial charge in [0, 0.05) is 60.2 Å². The van der Waals surface area contributed by atoms with Gasteiger partial charge in [-0.3, -0.25) is 14.5 Å². The highest BCUT2D eigenvalue weighted by atomic mass is 19.4. The lowest BCUT2D eigenvalue weighted by Gasteiger charge is -2.19. The van der Waals surface area contributed by atoms with E-state index in [1.165, 1.54) is 22.9 Å². The summed E-state index contributed by atoms with van der Waals surface area (Å²) in [6, 6.07) is 13.1. The molecule has 0 bridgehead atoms. The number of alkyl carbamates (subject to hydrolysis) is 1. The Kier molecular flexibility index (Phi) is 10.7. The summed E-state index contributed by atoms with van der Waals surface area (Å²) < 4.78 is 49.0. The zero-order valence-corrected chi connectivity index (χ0v) is 27.8. The monoisotopic (exact) mass is 690 g/mol. The van der Waals surface area contributed by atoms with Gasteiger partial charge in [0.2, 0.25) is 0 Å². The zero-order chi connectivity index (χ0) is 36.1. The molecule has 3 heterocycles. The van der Waals surface area contributed by atoms with Gasteiger partial charge in [0.05, 0.1) is 28.5 Å². The summed E-state index contributed by atoms with van der Waals surface area (Å²) in [4.78, 5) is 40.3. The van der Waals surface area contributed by atoms with Gasteiger partial charge in [0.1, 0.15) is 5.60 Å². The van der Waals surface area contributed by atoms with Gasteiger partial charge >= 0.3 is 18.2 Å². The third-order valence-corrected chi connectivity index (χ3v) is 7.77. The van der Waals surface area contributed by atoms with Gasteiger partial charge < -0.3 is 15.2 Å². The molecule has 0 aliphatic rings. The number of carboxylic acids is 1. The molecule has 1 amide bonds. The number of aromatic nitrogens is 5. The molecule has 14 heteroatoms. The number of ether oxygens (including phenoxy) is 1. The van der Waals surface area contributed by atoms with Crippen LogP contribution in [-0.4, -0.2) is 53.9 Å². The average molecular weight is 691 g/mol. The van der Waals surface area contributed by atoms with Gasteiger partial charge in [0.25, 0.3) is 5.56 Å². The van der Waals surface area contributed by atoms with E-state index in [4.69, 9.17) is 4.74 Å². The lowest BCUT2D eigenvalue weighted by Crippen LogP contribution is -2.33. The fraction of sp³-hybridized carbons (Fsp3) is 0.333. The van der Waals surface area contributed by atoms with Gasteiger partial charge in [-0.25, -0.2) is 14.3 Å². The smallest absolute Gasteiger partial charge is 0.417 e. The summed E-state index contributed by atoms with van der Waals surface area (Å²) in [6.07, 6.45) is 3.28. The normalized spacial score (nSPS) is 11.9. The predicted molar refractivity (Wildman–Crippen MR) is 181 cm³/mol. The number of alkyl halides is 3. The van der Waals surface area contributed by atoms with E-state index in [0.717, 1.165) is 65.5 Å². The van der Waals surface area contributed by atoms with Crippen molar-refractivity contribution in [3.63, 3.8) is 0 Å². The largest absolute Gasteiger partial charge is 0.478 e. The number of aryl methyl sites for hydroxylation is 3. The molecule has 2 N–H and O–H groups in total. The molecule has 0 saturated carbocycles. The third kappa shape index (κ3) is 9.33. The number of rotatable bonds is 12. The quantitative estimate of drug-likeness (QED) is 0.134. The number of carbonyl (C=O) groups excluding carboxylic acids is 1. The molecule has 5 rings (SSSR count). The molecule has 0 spiro atoms. The fourth-order valence-corrected chi connectivity index (χ4v) is 5.33. The number of unbranched alkanes of at least 4 members (excludes halogenated alkanes) is 2. The second kappa shape index (κ2) is 14.9. The maximum atomic E-state index is 13.6. The summed E-state index contributed by atoms with van der Waals surface area (Å²) in [6.45, 7) is 6.90. The van der Waals surface area contributed by atoms with Crippen LogP contribution in [0.5, 0.6) is 0 Å². The van der Waals surface area contributed by atoms with E-state index in [2.05, 4.69) is 20.5 Å². The Balaban J connectivity index is 1.21. The summed E-state index contributed by atoms with van der Waals surface area (Å²) >= 11 is 0. The molecule has 5 aromatic rings. The third-order valence-electron chi connectivity index (χ3n) is 7.77. The first-order valence-electron chi connectivity index (χ1n) is 16.1. The summed E-state index contributed by atoms with van der Waals surface area (Å²) in [7, 11) is 0. The minimum absolute atomic E-state index is 0.0382. The Morgan fingerprint density at radius 2 is 1.70 bits per heavy atom. The molecule has 0 fully saturated rings. The molecule has 3 aromatic heterocycles. The van der Waals surface area contributed by atoms with E-state index in [1.807, 2.05) is 55.9 Å². The van der Waals surface area contributed by atoms with Crippen molar-refractivity contribution in [2.24, 2.45) is 0 Å². The minimum atomic E-state index is -4.88. The zero-order valence-electron chi connectivity index (χ0n) is 27.8. The van der Waals surface area contributed by atoms with Crippen LogP contribution in [0, 0.1) is 0 Å². The molecule has 0 aliphatic carbocycles. The number of carbonyl (C=O) groups is 2. The van der Waals surface area contributed by atoms with E-state index in [9.17, 15) is 32.7 Å². The number of fused-ring (bicyclic) bond motifs is 1. The summed E-state index contributed by atoms with van der Waals surface area (Å²) in [5.74, 6) is -1.69. The van der Waals surface area contributed by atoms with Gasteiger partial charge in [-0.05, 0) is 88.4 Å². The van der Waals surface area contributed by atoms with E-state index >= 15 is 0 Å². The van der Waals surface area contributed by atoms with Gasteiger partial charge in [0.15, 0.2) is 0 Å². The van der Waals surface area contributed by atoms with Gasteiger partial charge in [-0.15, -0.1) is 0 Å². The maximum Gasteiger partial charge on any atom is 0.417 e. The second-order valence-corrected chi connectivity index (χ2v) is 12.8. The van der Waals surface area contributed by atoms with E-state index in [1.54, 1.807) is 12.4 Å². The predicted octanol–water partition coefficient (Wildman–Crippen LogP) is 6.98. The topological polar surface area (TPSA) is 141 Å². The van der Waals surface area contributed by atoms with E-state index in [0.29, 0.717) is 13.0 Å². The molecule has 0 aliphatic heterocycles. The van der Waals surface area contributed by atoms with Gasteiger partial charge in [-0.1, -0.05) is 12.1 Å². The van der Waals surface area contributed by atoms with Crippen LogP contribution in [0.25, 0.3) is 33.3 Å². The number of carboxylic acid groups (broad SMARTS) is 1. The number of nitrogens with one attached hydrogen (secondary N) is 1. The van der Waals surface area contributed by atoms with Crippen molar-refractivity contribution in [1.82, 2.24) is 29.9 Å². The highest BCUT2D eigenvalue weighted by Gasteiger charge is 2.35. The fourth-order valence-electron chi connectivity index (χ4n) is 5.33. The molecule has 0 saturated heterocycles. The molecular weight excluding hydrogens is 653 g/mol. The number of benzene rings is 2. The Labute approximate surface area is 285 Å². The Morgan fingerprint density at radius 1 is 0.900 bits per heavy atom. The summed E-state index contributed by atoms with van der Waals surface area (Å²) in [5.41, 5.74) is 0.522. The second-order valence-electron chi connectivity index (χ2n) is 12.8. The number of hydrogen-bond acceptors (Lipinski definition) is 7. The van der Waals surface area contributed by atoms with Crippen LogP contribution in [0.4, 0.5) is 18.0 Å². The number of amides is 1. The molecule has 11 nitrogen and oxygen atoms in total. The molecule has 50 heavy (non-hydrogen) atoms. The van der Waals surface area contributed by atoms with Crippen LogP contribution in [0.3, 0.4) is 0 Å². The molecular formula is C36H37F3N6O5. The Bertz CT molecular complexity index is 2070. The van der Waals surface area contributed by atoms with Gasteiger partial charge in [-0.2, -0.15) is 23.4 Å². The first kappa shape index (κ1) is 35.8. The molecule has 262 valence electrons. The van der Waals surface area contributed by atoms with Crippen molar-refractivity contribution in [2.75, 3.05) is 6.54 Å². The van der Waals surface area contributed by atoms with Crippen LogP contribution in [-0.2, 0) is 30.4 Å². The number of nitrogens with zero attached hydrogens (tertiary/aromatic N) is 5. The van der Waals surface area contributed by atoms with Crippen molar-refractivity contribution in [3.8, 4) is 22.4 Å². The van der Waals surface area contributed by atoms with E-state index in [-0.39, 0.29) is 17.8 Å². The highest BCUT2D eigenvalue weighted by Crippen LogP contribution is 2.34. The first-order valence-corrected chi connectivity index (χ1v) is 16.1. The number of hydrogen-bond donors (Lipinski definition) is 2. The first-order chi connectivity index (χ1) is 23.7. The van der Waals surface area contributed by atoms with Crippen LogP contribution in [0.1, 0.15) is 61.5 Å². The molecule has 0 unspecified atom stereocenters. The summed E-state index contributed by atoms with van der Waals surface area (Å²) in [5, 5.41) is 21.6. The SMILES string of the molecule is CC(C)(C)OC(=O)NCCCCCn1cc(-c2cnc3ccc(CCn4nc(-c5ccc(C(=O)O)c(C(F)(F)F)c5)ccc4=O)cc3c2)cn1. The standard InChI is InChI=1S/C36H37F3N6O5/c1-35(2,3)50-34(49)40-14-5-4-6-15-44-22-27(21-42-44)26-18-25-17-23(7-10-30(25)41-20-26)13-16-45-32(46)12-11-31(43-45)24-8-9-28(33(47)48)29(19-24)36(37,38)39/h7-12,17-22H,4-6,13-16H2,1-3H3,(H,40,49)(H,47,48). The number of pyridine rings is 1. The van der Waals surface area contributed by atoms with Crippen LogP contribution >= 0.6 is 0 Å². The van der Waals surface area contributed by atoms with Crippen molar-refractivity contribution in [2.45, 2.75) is 71.3 Å². The molecule has 2 aromatic carbocycles. The minimum Gasteiger partial charge on any atom is -0.478 e. The lowest BCUT2D eigenvalue weighted by atomic mass is 10.0. The van der Waals surface area contributed by atoms with Crippen molar-refractivity contribution in [3.05, 3.63) is 100 Å². The highest BCUT2D eigenvalue weighted by molar-refractivity contribution is 5.90. The number of halogens is 3. The lowest BCUT2D eigenvalue weighted by molar-refractivity contribution is -0.138. The Morgan fingerprint density at radius 3 is 2.44 bits per heavy atom. The molecule has 0 atom stereocenters.